The van der Waals surface area contributed by atoms with Gasteiger partial charge in [0.25, 0.3) is 0 Å². The molecule has 0 radical (unpaired) electrons. The molecule has 0 aliphatic carbocycles. The average Bonchev–Trinajstić information content (AvgIpc) is 2.98. The molecule has 28 heavy (non-hydrogen) atoms. The maximum atomic E-state index is 12.4. The van der Waals surface area contributed by atoms with Crippen LogP contribution in [0.15, 0.2) is 18.2 Å². The Morgan fingerprint density at radius 3 is 2.68 bits per heavy atom. The number of alkyl carbamates (subject to hydrolysis) is 1. The molecule has 1 N–H and O–H groups in total. The number of alkyl halides is 2. The van der Waals surface area contributed by atoms with E-state index in [1.54, 1.807) is 7.05 Å². The zero-order chi connectivity index (χ0) is 19.8. The van der Waals surface area contributed by atoms with E-state index in [0.717, 1.165) is 32.5 Å². The lowest BCUT2D eigenvalue weighted by Gasteiger charge is -2.44. The molecular formula is C18H20F2N4O4. The van der Waals surface area contributed by atoms with Crippen LogP contribution in [-0.2, 0) is 11.8 Å². The lowest BCUT2D eigenvalue weighted by atomic mass is 9.84. The first-order valence-electron chi connectivity index (χ1n) is 9.07. The fourth-order valence-electron chi connectivity index (χ4n) is 4.01. The van der Waals surface area contributed by atoms with Gasteiger partial charge in [0.05, 0.1) is 5.52 Å². The number of hydrogen-bond donors (Lipinski definition) is 1. The van der Waals surface area contributed by atoms with E-state index in [1.165, 1.54) is 22.9 Å². The third-order valence-corrected chi connectivity index (χ3v) is 5.39. The lowest BCUT2D eigenvalue weighted by Crippen LogP contribution is -2.57. The van der Waals surface area contributed by atoms with Crippen LogP contribution in [0.4, 0.5) is 13.6 Å². The molecule has 3 saturated heterocycles. The van der Waals surface area contributed by atoms with Gasteiger partial charge in [-0.05, 0) is 44.0 Å². The zero-order valence-electron chi connectivity index (χ0n) is 15.2. The molecule has 1 aromatic heterocycles. The van der Waals surface area contributed by atoms with E-state index < -0.39 is 18.7 Å². The number of aryl methyl sites for hydroxylation is 1. The maximum Gasteiger partial charge on any atom is 0.415 e. The molecule has 0 saturated carbocycles. The number of amides is 1. The van der Waals surface area contributed by atoms with Crippen molar-refractivity contribution in [1.29, 1.82) is 0 Å². The highest BCUT2D eigenvalue weighted by Crippen LogP contribution is 2.28. The fourth-order valence-corrected chi connectivity index (χ4v) is 4.01. The summed E-state index contributed by atoms with van der Waals surface area (Å²) < 4.78 is 35.4. The van der Waals surface area contributed by atoms with Crippen LogP contribution >= 0.6 is 0 Å². The van der Waals surface area contributed by atoms with Crippen molar-refractivity contribution in [3.8, 4) is 5.75 Å². The predicted molar refractivity (Wildman–Crippen MR) is 94.2 cm³/mol. The number of nitrogens with one attached hydrogen (secondary N) is 1. The molecule has 0 spiro atoms. The monoisotopic (exact) mass is 394 g/mol. The molecule has 1 aromatic carbocycles. The van der Waals surface area contributed by atoms with E-state index >= 15 is 0 Å². The molecule has 2 aromatic rings. The number of nitrogens with zero attached hydrogens (tertiary/aromatic N) is 3. The van der Waals surface area contributed by atoms with E-state index in [4.69, 9.17) is 4.74 Å². The maximum absolute atomic E-state index is 12.4. The Bertz CT molecular complexity index is 908. The number of halogens is 2. The van der Waals surface area contributed by atoms with Crippen molar-refractivity contribution >= 4 is 23.0 Å². The van der Waals surface area contributed by atoms with Crippen molar-refractivity contribution in [2.24, 2.45) is 13.0 Å². The Kier molecular flexibility index (Phi) is 4.88. The number of carbonyl (C=O) groups is 2. The first-order chi connectivity index (χ1) is 13.4. The summed E-state index contributed by atoms with van der Waals surface area (Å²) in [6.07, 6.45) is 1.24. The number of rotatable bonds is 4. The predicted octanol–water partition coefficient (Wildman–Crippen LogP) is 2.14. The van der Waals surface area contributed by atoms with Crippen LogP contribution in [0.2, 0.25) is 0 Å². The van der Waals surface area contributed by atoms with Crippen molar-refractivity contribution in [3.63, 3.8) is 0 Å². The van der Waals surface area contributed by atoms with Crippen molar-refractivity contribution in [3.05, 3.63) is 23.9 Å². The van der Waals surface area contributed by atoms with Crippen LogP contribution in [0.3, 0.4) is 0 Å². The van der Waals surface area contributed by atoms with Gasteiger partial charge < -0.3 is 19.7 Å². The van der Waals surface area contributed by atoms with Gasteiger partial charge in [0.2, 0.25) is 0 Å². The van der Waals surface area contributed by atoms with Crippen molar-refractivity contribution in [1.82, 2.24) is 20.0 Å². The minimum Gasteiger partial charge on any atom is -0.435 e. The van der Waals surface area contributed by atoms with Crippen LogP contribution in [0.5, 0.6) is 5.75 Å². The van der Waals surface area contributed by atoms with Gasteiger partial charge in [0, 0.05) is 31.1 Å². The molecule has 10 heteroatoms. The Hall–Kier alpha value is -2.75. The number of aromatic nitrogens is 2. The van der Waals surface area contributed by atoms with Crippen LogP contribution in [0, 0.1) is 5.92 Å². The molecule has 1 atom stereocenters. The number of hydrogen-bond acceptors (Lipinski definition) is 6. The Morgan fingerprint density at radius 2 is 2.04 bits per heavy atom. The molecule has 150 valence electrons. The topological polar surface area (TPSA) is 85.7 Å². The summed E-state index contributed by atoms with van der Waals surface area (Å²) in [5.74, 6) is -0.547. The molecule has 8 nitrogen and oxygen atoms in total. The summed E-state index contributed by atoms with van der Waals surface area (Å²) in [6.45, 7) is -0.125. The first kappa shape index (κ1) is 18.6. The van der Waals surface area contributed by atoms with Gasteiger partial charge in [-0.3, -0.25) is 4.68 Å². The number of benzene rings is 1. The molecule has 4 heterocycles. The molecule has 3 fully saturated rings. The van der Waals surface area contributed by atoms with Crippen molar-refractivity contribution in [2.75, 3.05) is 19.6 Å². The van der Waals surface area contributed by atoms with Gasteiger partial charge in [-0.25, -0.2) is 9.59 Å². The number of esters is 1. The molecule has 2 bridgehead atoms. The molecular weight excluding hydrogens is 374 g/mol. The standard InChI is InChI=1S/C18H20F2N4O4/c1-23-14-8-11(27-17(19)20)2-3-12(14)15(22-23)16(25)28-18(26)21-13-9-24-6-4-10(13)5-7-24/h2-3,8,10,13,17H,4-7,9H2,1H3,(H,21,26)/t13-/m0/s1. The lowest BCUT2D eigenvalue weighted by molar-refractivity contribution is -0.0497. The van der Waals surface area contributed by atoms with Crippen LogP contribution in [-0.4, -0.2) is 59.0 Å². The van der Waals surface area contributed by atoms with Gasteiger partial charge in [0.1, 0.15) is 5.75 Å². The third-order valence-electron chi connectivity index (χ3n) is 5.39. The molecule has 3 aliphatic rings. The summed E-state index contributed by atoms with van der Waals surface area (Å²) in [5, 5.41) is 7.21. The van der Waals surface area contributed by atoms with Crippen molar-refractivity contribution in [2.45, 2.75) is 25.5 Å². The minimum atomic E-state index is -2.95. The number of fused-ring (bicyclic) bond motifs is 4. The van der Waals surface area contributed by atoms with Crippen LogP contribution < -0.4 is 10.1 Å². The second-order valence-corrected chi connectivity index (χ2v) is 7.10. The Labute approximate surface area is 159 Å². The number of carbonyl (C=O) groups excluding carboxylic acids is 2. The number of ether oxygens (including phenoxy) is 2. The molecule has 5 rings (SSSR count). The van der Waals surface area contributed by atoms with Gasteiger partial charge in [0.15, 0.2) is 5.69 Å². The average molecular weight is 394 g/mol. The number of piperidine rings is 3. The summed E-state index contributed by atoms with van der Waals surface area (Å²) in [7, 11) is 1.55. The van der Waals surface area contributed by atoms with Gasteiger partial charge >= 0.3 is 18.7 Å². The molecule has 1 amide bonds. The quantitative estimate of drug-likeness (QED) is 0.632. The highest BCUT2D eigenvalue weighted by atomic mass is 19.3. The smallest absolute Gasteiger partial charge is 0.415 e. The van der Waals surface area contributed by atoms with Gasteiger partial charge in [-0.1, -0.05) is 0 Å². The Balaban J connectivity index is 1.45. The molecule has 3 aliphatic heterocycles. The Morgan fingerprint density at radius 1 is 1.29 bits per heavy atom. The largest absolute Gasteiger partial charge is 0.435 e. The van der Waals surface area contributed by atoms with E-state index in [9.17, 15) is 18.4 Å². The van der Waals surface area contributed by atoms with Gasteiger partial charge in [-0.2, -0.15) is 13.9 Å². The van der Waals surface area contributed by atoms with E-state index in [-0.39, 0.29) is 17.5 Å². The summed E-state index contributed by atoms with van der Waals surface area (Å²) in [4.78, 5) is 26.9. The van der Waals surface area contributed by atoms with Crippen LogP contribution in [0.1, 0.15) is 23.3 Å². The first-order valence-corrected chi connectivity index (χ1v) is 9.07. The second-order valence-electron chi connectivity index (χ2n) is 7.10. The van der Waals surface area contributed by atoms with E-state index in [1.807, 2.05) is 0 Å². The molecule has 0 unspecified atom stereocenters. The van der Waals surface area contributed by atoms with E-state index in [2.05, 4.69) is 20.1 Å². The highest BCUT2D eigenvalue weighted by Gasteiger charge is 2.35. The van der Waals surface area contributed by atoms with E-state index in [0.29, 0.717) is 16.8 Å². The highest BCUT2D eigenvalue weighted by molar-refractivity contribution is 6.05. The normalized spacial score (nSPS) is 23.8. The van der Waals surface area contributed by atoms with Gasteiger partial charge in [-0.15, -0.1) is 0 Å². The fraction of sp³-hybridized carbons (Fsp3) is 0.500. The van der Waals surface area contributed by atoms with Crippen LogP contribution in [0.25, 0.3) is 10.9 Å². The van der Waals surface area contributed by atoms with Crippen molar-refractivity contribution < 1.29 is 27.8 Å². The second kappa shape index (κ2) is 7.34. The summed E-state index contributed by atoms with van der Waals surface area (Å²) in [5.41, 5.74) is 0.341. The zero-order valence-corrected chi connectivity index (χ0v) is 15.2. The SMILES string of the molecule is Cn1nc(C(=O)OC(=O)N[C@H]2CN3CCC2CC3)c2ccc(OC(F)F)cc21. The third kappa shape index (κ3) is 3.64. The minimum absolute atomic E-state index is 0.0302. The summed E-state index contributed by atoms with van der Waals surface area (Å²) >= 11 is 0. The summed E-state index contributed by atoms with van der Waals surface area (Å²) in [6, 6.07) is 4.05.